The molecule has 1 saturated carbocycles. The summed E-state index contributed by atoms with van der Waals surface area (Å²) in [5.41, 5.74) is 0.859. The number of thioether (sulfide) groups is 1. The monoisotopic (exact) mass is 374 g/mol. The van der Waals surface area contributed by atoms with Crippen LogP contribution in [0.3, 0.4) is 0 Å². The van der Waals surface area contributed by atoms with Gasteiger partial charge in [-0.2, -0.15) is 0 Å². The van der Waals surface area contributed by atoms with Crippen molar-refractivity contribution in [2.45, 2.75) is 49.4 Å². The molecule has 6 nitrogen and oxygen atoms in total. The summed E-state index contributed by atoms with van der Waals surface area (Å²) < 4.78 is 7.27. The van der Waals surface area contributed by atoms with Crippen LogP contribution in [0.15, 0.2) is 35.7 Å². The summed E-state index contributed by atoms with van der Waals surface area (Å²) in [6.07, 6.45) is 8.00. The standard InChI is InChI=1S/C19H26N4O2S/c1-14(18(24)20-12-15-8-4-3-5-9-15)26-19-22-21-13-23(19)16-10-6-7-11-17(16)25-2/h6-7,10-11,13-15H,3-5,8-9,12H2,1-2H3,(H,20,24)/t14-/m1/s1. The van der Waals surface area contributed by atoms with Crippen LogP contribution >= 0.6 is 11.8 Å². The third kappa shape index (κ3) is 4.58. The highest BCUT2D eigenvalue weighted by atomic mass is 32.2. The Balaban J connectivity index is 1.62. The molecule has 1 aliphatic carbocycles. The number of rotatable bonds is 7. The smallest absolute Gasteiger partial charge is 0.233 e. The third-order valence-corrected chi connectivity index (χ3v) is 5.86. The number of benzene rings is 1. The quantitative estimate of drug-likeness (QED) is 0.752. The van der Waals surface area contributed by atoms with Gasteiger partial charge in [0.2, 0.25) is 5.91 Å². The van der Waals surface area contributed by atoms with Crippen molar-refractivity contribution in [3.8, 4) is 11.4 Å². The first-order valence-corrected chi connectivity index (χ1v) is 10.0. The molecule has 1 aliphatic rings. The predicted octanol–water partition coefficient (Wildman–Crippen LogP) is 3.45. The molecule has 0 radical (unpaired) electrons. The fourth-order valence-electron chi connectivity index (χ4n) is 3.29. The summed E-state index contributed by atoms with van der Waals surface area (Å²) in [5, 5.41) is 11.7. The van der Waals surface area contributed by atoms with E-state index in [9.17, 15) is 4.79 Å². The third-order valence-electron chi connectivity index (χ3n) is 4.80. The zero-order valence-corrected chi connectivity index (χ0v) is 16.2. The number of aromatic nitrogens is 3. The fourth-order valence-corrected chi connectivity index (χ4v) is 4.15. The maximum absolute atomic E-state index is 12.5. The first-order chi connectivity index (χ1) is 12.7. The van der Waals surface area contributed by atoms with E-state index < -0.39 is 0 Å². The first kappa shape index (κ1) is 18.8. The average molecular weight is 375 g/mol. The summed E-state index contributed by atoms with van der Waals surface area (Å²) in [5.74, 6) is 1.42. The van der Waals surface area contributed by atoms with Gasteiger partial charge in [0.05, 0.1) is 18.0 Å². The van der Waals surface area contributed by atoms with E-state index in [0.29, 0.717) is 11.1 Å². The molecule has 2 aromatic rings. The molecular weight excluding hydrogens is 348 g/mol. The lowest BCUT2D eigenvalue weighted by Gasteiger charge is -2.22. The largest absolute Gasteiger partial charge is 0.495 e. The molecular formula is C19H26N4O2S. The van der Waals surface area contributed by atoms with Crippen molar-refractivity contribution in [1.29, 1.82) is 0 Å². The zero-order chi connectivity index (χ0) is 18.4. The Kier molecular flexibility index (Phi) is 6.55. The molecule has 0 aliphatic heterocycles. The Labute approximate surface area is 158 Å². The van der Waals surface area contributed by atoms with Gasteiger partial charge >= 0.3 is 0 Å². The molecule has 26 heavy (non-hydrogen) atoms. The van der Waals surface area contributed by atoms with Gasteiger partial charge in [0.1, 0.15) is 12.1 Å². The number of nitrogens with zero attached hydrogens (tertiary/aromatic N) is 3. The van der Waals surface area contributed by atoms with Crippen LogP contribution in [0.25, 0.3) is 5.69 Å². The zero-order valence-electron chi connectivity index (χ0n) is 15.4. The molecule has 0 spiro atoms. The van der Waals surface area contributed by atoms with Gasteiger partial charge in [-0.15, -0.1) is 10.2 Å². The number of amides is 1. The Morgan fingerprint density at radius 2 is 2.12 bits per heavy atom. The van der Waals surface area contributed by atoms with E-state index >= 15 is 0 Å². The molecule has 1 fully saturated rings. The Morgan fingerprint density at radius 1 is 1.35 bits per heavy atom. The Hall–Kier alpha value is -2.02. The Bertz CT molecular complexity index is 728. The number of hydrogen-bond acceptors (Lipinski definition) is 5. The van der Waals surface area contributed by atoms with Crippen molar-refractivity contribution in [3.05, 3.63) is 30.6 Å². The van der Waals surface area contributed by atoms with Crippen molar-refractivity contribution in [2.75, 3.05) is 13.7 Å². The Morgan fingerprint density at radius 3 is 2.88 bits per heavy atom. The maximum atomic E-state index is 12.5. The van der Waals surface area contributed by atoms with Crippen LogP contribution in [0.2, 0.25) is 0 Å². The van der Waals surface area contributed by atoms with Crippen molar-refractivity contribution < 1.29 is 9.53 Å². The van der Waals surface area contributed by atoms with Gasteiger partial charge < -0.3 is 10.1 Å². The number of para-hydroxylation sites is 2. The van der Waals surface area contributed by atoms with Gasteiger partial charge in [0.25, 0.3) is 0 Å². The normalized spacial score (nSPS) is 16.2. The molecule has 1 heterocycles. The number of carbonyl (C=O) groups is 1. The van der Waals surface area contributed by atoms with E-state index in [1.54, 1.807) is 13.4 Å². The van der Waals surface area contributed by atoms with Crippen molar-refractivity contribution in [3.63, 3.8) is 0 Å². The van der Waals surface area contributed by atoms with E-state index in [4.69, 9.17) is 4.74 Å². The molecule has 1 aromatic heterocycles. The molecule has 1 N–H and O–H groups in total. The molecule has 3 rings (SSSR count). The molecule has 7 heteroatoms. The highest BCUT2D eigenvalue weighted by molar-refractivity contribution is 8.00. The molecule has 0 bridgehead atoms. The molecule has 1 atom stereocenters. The minimum atomic E-state index is -0.240. The highest BCUT2D eigenvalue weighted by Crippen LogP contribution is 2.29. The molecule has 0 saturated heterocycles. The predicted molar refractivity (Wildman–Crippen MR) is 103 cm³/mol. The van der Waals surface area contributed by atoms with E-state index in [0.717, 1.165) is 18.0 Å². The summed E-state index contributed by atoms with van der Waals surface area (Å²) in [6.45, 7) is 2.69. The maximum Gasteiger partial charge on any atom is 0.233 e. The van der Waals surface area contributed by atoms with Crippen LogP contribution in [0.5, 0.6) is 5.75 Å². The molecule has 1 aromatic carbocycles. The second kappa shape index (κ2) is 9.07. The van der Waals surface area contributed by atoms with Crippen molar-refractivity contribution in [2.24, 2.45) is 5.92 Å². The SMILES string of the molecule is COc1ccccc1-n1cnnc1S[C@H](C)C(=O)NCC1CCCCC1. The molecule has 140 valence electrons. The van der Waals surface area contributed by atoms with Gasteiger partial charge in [-0.05, 0) is 37.8 Å². The number of methoxy groups -OCH3 is 1. The second-order valence-electron chi connectivity index (χ2n) is 6.66. The van der Waals surface area contributed by atoms with Crippen LogP contribution < -0.4 is 10.1 Å². The van der Waals surface area contributed by atoms with E-state index in [-0.39, 0.29) is 11.2 Å². The van der Waals surface area contributed by atoms with E-state index in [2.05, 4.69) is 15.5 Å². The van der Waals surface area contributed by atoms with Crippen molar-refractivity contribution >= 4 is 17.7 Å². The number of hydrogen-bond donors (Lipinski definition) is 1. The molecule has 1 amide bonds. The van der Waals surface area contributed by atoms with Crippen LogP contribution in [0, 0.1) is 5.92 Å². The minimum Gasteiger partial charge on any atom is -0.495 e. The van der Waals surface area contributed by atoms with Gasteiger partial charge in [0.15, 0.2) is 5.16 Å². The number of ether oxygens (including phenoxy) is 1. The summed E-state index contributed by atoms with van der Waals surface area (Å²) in [6, 6.07) is 7.69. The molecule has 0 unspecified atom stereocenters. The summed E-state index contributed by atoms with van der Waals surface area (Å²) in [4.78, 5) is 12.5. The number of nitrogens with one attached hydrogen (secondary N) is 1. The minimum absolute atomic E-state index is 0.0511. The summed E-state index contributed by atoms with van der Waals surface area (Å²) >= 11 is 1.41. The second-order valence-corrected chi connectivity index (χ2v) is 7.97. The lowest BCUT2D eigenvalue weighted by molar-refractivity contribution is -0.120. The van der Waals surface area contributed by atoms with Gasteiger partial charge in [-0.3, -0.25) is 9.36 Å². The first-order valence-electron chi connectivity index (χ1n) is 9.17. The highest BCUT2D eigenvalue weighted by Gasteiger charge is 2.21. The lowest BCUT2D eigenvalue weighted by atomic mass is 9.89. The van der Waals surface area contributed by atoms with Crippen LogP contribution in [0.4, 0.5) is 0 Å². The average Bonchev–Trinajstić information content (AvgIpc) is 3.14. The summed E-state index contributed by atoms with van der Waals surface area (Å²) in [7, 11) is 1.64. The van der Waals surface area contributed by atoms with Crippen LogP contribution in [-0.2, 0) is 4.79 Å². The van der Waals surface area contributed by atoms with Gasteiger partial charge in [-0.1, -0.05) is 43.2 Å². The van der Waals surface area contributed by atoms with Gasteiger partial charge in [-0.25, -0.2) is 0 Å². The fraction of sp³-hybridized carbons (Fsp3) is 0.526. The van der Waals surface area contributed by atoms with E-state index in [1.807, 2.05) is 35.8 Å². The number of carbonyl (C=O) groups excluding carboxylic acids is 1. The van der Waals surface area contributed by atoms with Crippen LogP contribution in [-0.4, -0.2) is 39.6 Å². The van der Waals surface area contributed by atoms with Crippen LogP contribution in [0.1, 0.15) is 39.0 Å². The topological polar surface area (TPSA) is 69.0 Å². The van der Waals surface area contributed by atoms with Crippen molar-refractivity contribution in [1.82, 2.24) is 20.1 Å². The van der Waals surface area contributed by atoms with E-state index in [1.165, 1.54) is 43.9 Å². The lowest BCUT2D eigenvalue weighted by Crippen LogP contribution is -2.35. The van der Waals surface area contributed by atoms with Gasteiger partial charge in [0, 0.05) is 6.54 Å².